The topological polar surface area (TPSA) is 267 Å². The van der Waals surface area contributed by atoms with Crippen LogP contribution < -0.4 is 18.9 Å². The smallest absolute Gasteiger partial charge is 0.411 e. The summed E-state index contributed by atoms with van der Waals surface area (Å²) in [6.07, 6.45) is 16.4. The number of hydrogen-bond donors (Lipinski definition) is 4. The SMILES string of the molecule is C=CCOC(=O)N1CCc2c([nH]c3ccc(Cl)cc23)C1c1ccc(OCCCCl)cc1.CC#CCOC(=O)N1CCc2c([nH]c3ccc(Cl)cc23)C1c1ccc(OCCCCl)cc1.CCC(C)OC(=O)N1CCc2c([nH]c3ccc(Cl)cc23)C1c1ccc(OCCCn2ccnc2)cc1.CCC(C)OC(=O)N1CCc2c([nH]c3ccc(Cl)cc23)C1c1ccc(OCCCn2cncn2)cc1. The Balaban J connectivity index is 0.000000137. The Morgan fingerprint density at radius 2 is 0.793 bits per heavy atom. The normalized spacial score (nSPS) is 15.7. The molecular weight excluding hydrogens is 1840 g/mol. The molecule has 4 aliphatic heterocycles. The fourth-order valence-corrected chi connectivity index (χ4v) is 18.3. The first kappa shape index (κ1) is 97.1. The van der Waals surface area contributed by atoms with E-state index < -0.39 is 0 Å². The van der Waals surface area contributed by atoms with E-state index in [1.165, 1.54) is 28.6 Å². The first-order chi connectivity index (χ1) is 65.8. The van der Waals surface area contributed by atoms with E-state index in [1.54, 1.807) is 40.0 Å². The molecule has 0 aliphatic carbocycles. The summed E-state index contributed by atoms with van der Waals surface area (Å²) in [6, 6.07) is 53.8. The van der Waals surface area contributed by atoms with Crippen LogP contribution in [0.5, 0.6) is 23.0 Å². The average molecular weight is 1950 g/mol. The van der Waals surface area contributed by atoms with Gasteiger partial charge in [0.15, 0.2) is 6.61 Å². The standard InChI is InChI=1S/C28H31ClN4O3.C27H30ClN5O3.C25H24Cl2N2O3.C24H24Cl2N2O3/c1-3-19(2)36-28(34)33-14-11-23-24-17-21(29)7-10-25(24)31-26(23)27(33)20-5-8-22(9-6-20)35-16-4-13-32-15-12-30-18-32;1-3-18(2)36-27(34)33-13-11-22-23-15-20(28)7-10-24(23)31-25(22)26(33)19-5-8-21(9-6-19)35-14-4-12-32-17-29-16-30-32;1-2-3-14-32-25(30)29-13-11-20-21-16-18(27)7-10-22(21)28-23(20)24(29)17-5-8-19(9-6-17)31-15-4-12-26;1-2-13-31-24(29)28-12-10-19-20-15-17(26)6-9-21(20)27-22(19)23(28)16-4-7-18(8-5-16)30-14-3-11-25/h5-10,12,15,17-19,27,31H,3-4,11,13-14,16H2,1-2H3;5-10,15-18,26,31H,3-4,11-14H2,1-2H3;5-10,16,24,28H,4,11-15H2,1H3;2,4-9,15,23,27H,1,3,10-14H2. The van der Waals surface area contributed by atoms with E-state index in [2.05, 4.69) is 53.4 Å². The first-order valence-corrected chi connectivity index (χ1v) is 48.2. The first-order valence-electron chi connectivity index (χ1n) is 45.6. The second kappa shape index (κ2) is 46.7. The number of halogens is 6. The summed E-state index contributed by atoms with van der Waals surface area (Å²) in [5.41, 5.74) is 16.7. The quantitative estimate of drug-likeness (QED) is 0.0112. The Morgan fingerprint density at radius 3 is 1.10 bits per heavy atom. The number of aromatic nitrogens is 9. The fourth-order valence-electron chi connectivity index (χ4n) is 17.4. The monoisotopic (exact) mass is 1940 g/mol. The number of aromatic amines is 4. The molecule has 14 aromatic rings. The maximum atomic E-state index is 13.2. The highest BCUT2D eigenvalue weighted by molar-refractivity contribution is 6.32. The number of hydrogen-bond acceptors (Lipinski definition) is 15. The zero-order valence-corrected chi connectivity index (χ0v) is 80.5. The zero-order chi connectivity index (χ0) is 94.4. The summed E-state index contributed by atoms with van der Waals surface area (Å²) in [6.45, 7) is 19.6. The Hall–Kier alpha value is -12.4. The van der Waals surface area contributed by atoms with Crippen LogP contribution in [0, 0.1) is 11.8 Å². The molecule has 135 heavy (non-hydrogen) atoms. The number of fused-ring (bicyclic) bond motifs is 12. The Kier molecular flexibility index (Phi) is 33.6. The van der Waals surface area contributed by atoms with Crippen LogP contribution in [0.15, 0.2) is 214 Å². The number of amides is 4. The van der Waals surface area contributed by atoms with E-state index in [9.17, 15) is 19.2 Å². The van der Waals surface area contributed by atoms with Crippen LogP contribution in [0.4, 0.5) is 19.2 Å². The molecule has 6 aromatic heterocycles. The minimum absolute atomic E-state index is 0.0705. The van der Waals surface area contributed by atoms with Gasteiger partial charge >= 0.3 is 24.4 Å². The number of imidazole rings is 1. The van der Waals surface area contributed by atoms with Gasteiger partial charge in [-0.05, 0) is 244 Å². The van der Waals surface area contributed by atoms with Crippen LogP contribution in [-0.2, 0) is 57.7 Å². The van der Waals surface area contributed by atoms with Gasteiger partial charge in [0, 0.05) is 156 Å². The Bertz CT molecular complexity index is 6210. The molecule has 10 heterocycles. The lowest BCUT2D eigenvalue weighted by Crippen LogP contribution is -2.41. The molecule has 704 valence electrons. The molecule has 25 nitrogen and oxygen atoms in total. The average Bonchev–Trinajstić information content (AvgIpc) is 1.60. The molecule has 4 aliphatic rings. The van der Waals surface area contributed by atoms with Crippen molar-refractivity contribution in [3.63, 3.8) is 0 Å². The summed E-state index contributed by atoms with van der Waals surface area (Å²) in [5, 5.41) is 11.3. The van der Waals surface area contributed by atoms with Gasteiger partial charge in [0.05, 0.1) is 32.8 Å². The van der Waals surface area contributed by atoms with E-state index in [1.807, 2.05) is 224 Å². The molecule has 0 spiro atoms. The number of aryl methyl sites for hydroxylation is 2. The lowest BCUT2D eigenvalue weighted by atomic mass is 9.92. The van der Waals surface area contributed by atoms with Crippen LogP contribution in [0.2, 0.25) is 20.1 Å². The van der Waals surface area contributed by atoms with Gasteiger partial charge in [-0.15, -0.1) is 29.1 Å². The van der Waals surface area contributed by atoms with Gasteiger partial charge in [-0.1, -0.05) is 127 Å². The molecule has 0 saturated carbocycles. The van der Waals surface area contributed by atoms with Crippen molar-refractivity contribution in [1.29, 1.82) is 0 Å². The number of nitrogens with one attached hydrogen (secondary N) is 4. The lowest BCUT2D eigenvalue weighted by Gasteiger charge is -2.36. The predicted octanol–water partition coefficient (Wildman–Crippen LogP) is 24.2. The van der Waals surface area contributed by atoms with Crippen molar-refractivity contribution in [3.8, 4) is 34.8 Å². The lowest BCUT2D eigenvalue weighted by molar-refractivity contribution is 0.0571. The summed E-state index contributed by atoms with van der Waals surface area (Å²) in [7, 11) is 0. The molecule has 0 bridgehead atoms. The van der Waals surface area contributed by atoms with Gasteiger partial charge in [0.1, 0.15) is 78.6 Å². The van der Waals surface area contributed by atoms with E-state index in [-0.39, 0.29) is 74.0 Å². The van der Waals surface area contributed by atoms with E-state index >= 15 is 0 Å². The second-order valence-corrected chi connectivity index (χ2v) is 35.7. The van der Waals surface area contributed by atoms with Crippen molar-refractivity contribution in [1.82, 2.24) is 63.9 Å². The molecule has 31 heteroatoms. The third-order valence-corrected chi connectivity index (χ3v) is 25.8. The van der Waals surface area contributed by atoms with Crippen molar-refractivity contribution in [2.75, 3.05) is 77.6 Å². The Labute approximate surface area is 814 Å². The molecule has 8 aromatic carbocycles. The van der Waals surface area contributed by atoms with E-state index in [4.69, 9.17) is 108 Å². The number of H-pyrrole nitrogens is 4. The molecule has 0 saturated heterocycles. The van der Waals surface area contributed by atoms with Crippen molar-refractivity contribution < 1.29 is 57.1 Å². The predicted molar refractivity (Wildman–Crippen MR) is 531 cm³/mol. The largest absolute Gasteiger partial charge is 0.494 e. The van der Waals surface area contributed by atoms with Gasteiger partial charge in [0.25, 0.3) is 0 Å². The van der Waals surface area contributed by atoms with Crippen molar-refractivity contribution in [3.05, 3.63) is 301 Å². The highest BCUT2D eigenvalue weighted by Crippen LogP contribution is 2.46. The minimum atomic E-state index is -0.387. The van der Waals surface area contributed by atoms with Crippen LogP contribution in [0.1, 0.15) is 165 Å². The molecule has 0 radical (unpaired) electrons. The van der Waals surface area contributed by atoms with Crippen molar-refractivity contribution in [2.24, 2.45) is 0 Å². The van der Waals surface area contributed by atoms with Crippen LogP contribution in [-0.4, -0.2) is 178 Å². The number of benzene rings is 8. The number of alkyl halides is 2. The van der Waals surface area contributed by atoms with Crippen LogP contribution in [0.25, 0.3) is 43.6 Å². The Morgan fingerprint density at radius 1 is 0.452 bits per heavy atom. The van der Waals surface area contributed by atoms with Gasteiger partial charge in [0.2, 0.25) is 0 Å². The number of rotatable bonds is 29. The van der Waals surface area contributed by atoms with Crippen LogP contribution in [0.3, 0.4) is 0 Å². The maximum Gasteiger partial charge on any atom is 0.411 e. The number of nitrogens with zero attached hydrogens (tertiary/aromatic N) is 9. The van der Waals surface area contributed by atoms with Crippen molar-refractivity contribution >= 4 is 138 Å². The van der Waals surface area contributed by atoms with Gasteiger partial charge in [-0.2, -0.15) is 5.10 Å². The van der Waals surface area contributed by atoms with Crippen LogP contribution >= 0.6 is 69.6 Å². The molecular formula is C104H109Cl6N13O12. The summed E-state index contributed by atoms with van der Waals surface area (Å²) < 4.78 is 49.4. The number of carbonyl (C=O) groups excluding carboxylic acids is 4. The zero-order valence-electron chi connectivity index (χ0n) is 76.0. The summed E-state index contributed by atoms with van der Waals surface area (Å²) in [4.78, 5) is 81.5. The van der Waals surface area contributed by atoms with Gasteiger partial charge in [-0.25, -0.2) is 29.1 Å². The van der Waals surface area contributed by atoms with E-state index in [0.717, 1.165) is 183 Å². The second-order valence-electron chi connectivity index (χ2n) is 33.2. The fraction of sp³-hybridized carbons (Fsp3) is 0.337. The molecule has 4 amide bonds. The third-order valence-electron chi connectivity index (χ3n) is 24.3. The summed E-state index contributed by atoms with van der Waals surface area (Å²) in [5.74, 6) is 9.79. The molecule has 6 unspecified atom stereocenters. The summed E-state index contributed by atoms with van der Waals surface area (Å²) >= 11 is 36.6. The number of ether oxygens (including phenoxy) is 8. The highest BCUT2D eigenvalue weighted by atomic mass is 35.5. The highest BCUT2D eigenvalue weighted by Gasteiger charge is 2.41. The van der Waals surface area contributed by atoms with Gasteiger partial charge < -0.3 is 62.4 Å². The number of carbonyl (C=O) groups is 4. The maximum absolute atomic E-state index is 13.2. The van der Waals surface area contributed by atoms with Crippen molar-refractivity contribution in [2.45, 2.75) is 148 Å². The molecule has 4 N–H and O–H groups in total. The molecule has 6 atom stereocenters. The third kappa shape index (κ3) is 23.8. The molecule has 0 fully saturated rings. The minimum Gasteiger partial charge on any atom is -0.494 e. The molecule has 18 rings (SSSR count). The van der Waals surface area contributed by atoms with E-state index in [0.29, 0.717) is 90.9 Å². The van der Waals surface area contributed by atoms with Gasteiger partial charge in [-0.3, -0.25) is 24.3 Å².